The molecule has 1 aliphatic rings. The van der Waals surface area contributed by atoms with Crippen molar-refractivity contribution in [3.05, 3.63) is 46.6 Å². The van der Waals surface area contributed by atoms with Gasteiger partial charge in [-0.1, -0.05) is 19.1 Å². The van der Waals surface area contributed by atoms with Crippen LogP contribution in [0.5, 0.6) is 0 Å². The summed E-state index contributed by atoms with van der Waals surface area (Å²) in [6, 6.07) is 5.09. The molecule has 0 radical (unpaired) electrons. The molecule has 2 heterocycles. The van der Waals surface area contributed by atoms with Crippen LogP contribution in [-0.4, -0.2) is 27.4 Å². The summed E-state index contributed by atoms with van der Waals surface area (Å²) in [7, 11) is 0. The molecule has 0 spiro atoms. The molecular formula is C16H16F3N3O2. The molecular weight excluding hydrogens is 323 g/mol. The molecule has 1 aliphatic heterocycles. The third-order valence-electron chi connectivity index (χ3n) is 4.06. The van der Waals surface area contributed by atoms with Crippen molar-refractivity contribution >= 4 is 11.8 Å². The number of benzene rings is 1. The largest absolute Gasteiger partial charge is 0.477 e. The second-order valence-corrected chi connectivity index (χ2v) is 5.65. The zero-order chi connectivity index (χ0) is 17.5. The predicted octanol–water partition coefficient (Wildman–Crippen LogP) is 3.18. The summed E-state index contributed by atoms with van der Waals surface area (Å²) in [6.45, 7) is 3.07. The fourth-order valence-electron chi connectivity index (χ4n) is 2.99. The number of carboxylic acid groups (broad SMARTS) is 1. The van der Waals surface area contributed by atoms with Gasteiger partial charge in [-0.25, -0.2) is 9.48 Å². The fraction of sp³-hybridized carbons (Fsp3) is 0.375. The zero-order valence-corrected chi connectivity index (χ0v) is 13.0. The van der Waals surface area contributed by atoms with Crippen LogP contribution in [0.2, 0.25) is 0 Å². The van der Waals surface area contributed by atoms with Gasteiger partial charge in [-0.3, -0.25) is 0 Å². The molecule has 5 nitrogen and oxygen atoms in total. The molecule has 0 amide bonds. The summed E-state index contributed by atoms with van der Waals surface area (Å²) in [5, 5.41) is 13.7. The van der Waals surface area contributed by atoms with Gasteiger partial charge in [0.25, 0.3) is 0 Å². The van der Waals surface area contributed by atoms with Crippen LogP contribution in [0.1, 0.15) is 34.1 Å². The summed E-state index contributed by atoms with van der Waals surface area (Å²) in [4.78, 5) is 13.3. The van der Waals surface area contributed by atoms with E-state index in [4.69, 9.17) is 0 Å². The van der Waals surface area contributed by atoms with E-state index >= 15 is 0 Å². The van der Waals surface area contributed by atoms with Gasteiger partial charge in [0.15, 0.2) is 0 Å². The Kier molecular flexibility index (Phi) is 3.98. The lowest BCUT2D eigenvalue weighted by atomic mass is 10.1. The van der Waals surface area contributed by atoms with Crippen molar-refractivity contribution in [3.8, 4) is 0 Å². The Morgan fingerprint density at radius 3 is 2.71 bits per heavy atom. The Labute approximate surface area is 136 Å². The maximum absolute atomic E-state index is 12.8. The molecule has 0 atom stereocenters. The molecule has 128 valence electrons. The number of aromatic nitrogens is 2. The van der Waals surface area contributed by atoms with Crippen molar-refractivity contribution in [2.45, 2.75) is 32.6 Å². The normalized spacial score (nSPS) is 14.1. The Hall–Kier alpha value is -2.51. The second-order valence-electron chi connectivity index (χ2n) is 5.65. The van der Waals surface area contributed by atoms with Gasteiger partial charge in [0.1, 0.15) is 11.4 Å². The van der Waals surface area contributed by atoms with Gasteiger partial charge in [0, 0.05) is 13.1 Å². The highest BCUT2D eigenvalue weighted by Crippen LogP contribution is 2.32. The third kappa shape index (κ3) is 2.83. The highest BCUT2D eigenvalue weighted by molar-refractivity contribution is 5.95. The minimum atomic E-state index is -4.40. The van der Waals surface area contributed by atoms with Crippen LogP contribution in [0.25, 0.3) is 0 Å². The lowest BCUT2D eigenvalue weighted by Crippen LogP contribution is -2.22. The maximum Gasteiger partial charge on any atom is 0.416 e. The maximum atomic E-state index is 12.8. The summed E-state index contributed by atoms with van der Waals surface area (Å²) >= 11 is 0. The van der Waals surface area contributed by atoms with E-state index < -0.39 is 17.7 Å². The van der Waals surface area contributed by atoms with E-state index in [1.807, 2.05) is 6.92 Å². The highest BCUT2D eigenvalue weighted by Gasteiger charge is 2.32. The zero-order valence-electron chi connectivity index (χ0n) is 13.0. The molecule has 0 unspecified atom stereocenters. The minimum absolute atomic E-state index is 0.141. The van der Waals surface area contributed by atoms with E-state index in [1.54, 1.807) is 15.6 Å². The number of hydrogen-bond donors (Lipinski definition) is 1. The number of alkyl halides is 3. The number of carboxylic acids is 1. The predicted molar refractivity (Wildman–Crippen MR) is 81.1 cm³/mol. The van der Waals surface area contributed by atoms with Crippen molar-refractivity contribution in [1.82, 2.24) is 9.78 Å². The Morgan fingerprint density at radius 2 is 2.08 bits per heavy atom. The Balaban J connectivity index is 1.93. The van der Waals surface area contributed by atoms with E-state index in [9.17, 15) is 23.1 Å². The van der Waals surface area contributed by atoms with Gasteiger partial charge < -0.3 is 10.0 Å². The number of carbonyl (C=O) groups is 1. The average molecular weight is 339 g/mol. The molecule has 0 aliphatic carbocycles. The van der Waals surface area contributed by atoms with Gasteiger partial charge in [0.05, 0.1) is 17.8 Å². The molecule has 0 fully saturated rings. The van der Waals surface area contributed by atoms with E-state index in [2.05, 4.69) is 5.10 Å². The fourth-order valence-corrected chi connectivity index (χ4v) is 2.99. The van der Waals surface area contributed by atoms with Crippen LogP contribution in [0.4, 0.5) is 19.0 Å². The number of nitrogens with zero attached hydrogens (tertiary/aromatic N) is 3. The Morgan fingerprint density at radius 1 is 1.33 bits per heavy atom. The third-order valence-corrected chi connectivity index (χ3v) is 4.06. The molecule has 1 aromatic heterocycles. The van der Waals surface area contributed by atoms with Gasteiger partial charge in [-0.2, -0.15) is 18.3 Å². The van der Waals surface area contributed by atoms with Crippen LogP contribution in [0, 0.1) is 0 Å². The molecule has 0 saturated heterocycles. The minimum Gasteiger partial charge on any atom is -0.477 e. The van der Waals surface area contributed by atoms with E-state index in [1.165, 1.54) is 6.07 Å². The van der Waals surface area contributed by atoms with Gasteiger partial charge in [-0.05, 0) is 24.1 Å². The van der Waals surface area contributed by atoms with Gasteiger partial charge in [-0.15, -0.1) is 0 Å². The second kappa shape index (κ2) is 5.85. The highest BCUT2D eigenvalue weighted by atomic mass is 19.4. The monoisotopic (exact) mass is 339 g/mol. The van der Waals surface area contributed by atoms with Crippen molar-refractivity contribution in [2.75, 3.05) is 11.4 Å². The molecule has 8 heteroatoms. The van der Waals surface area contributed by atoms with Crippen molar-refractivity contribution in [3.63, 3.8) is 0 Å². The van der Waals surface area contributed by atoms with Crippen LogP contribution in [-0.2, 0) is 25.7 Å². The summed E-state index contributed by atoms with van der Waals surface area (Å²) in [5.41, 5.74) is 0.405. The first-order valence-electron chi connectivity index (χ1n) is 7.55. The number of anilines is 1. The first-order chi connectivity index (χ1) is 11.3. The van der Waals surface area contributed by atoms with E-state index in [0.29, 0.717) is 36.6 Å². The summed E-state index contributed by atoms with van der Waals surface area (Å²) in [6.07, 6.45) is -3.91. The molecule has 24 heavy (non-hydrogen) atoms. The molecule has 1 aromatic carbocycles. The van der Waals surface area contributed by atoms with Crippen molar-refractivity contribution in [1.29, 1.82) is 0 Å². The summed E-state index contributed by atoms with van der Waals surface area (Å²) in [5.74, 6) is -0.596. The standard InChI is InChI=1S/C16H16F3N3O2/c1-2-12-13(15(23)24)14-21(6-7-22(14)20-12)9-10-4-3-5-11(8-10)16(17,18)19/h3-5,8H,2,6-7,9H2,1H3,(H,23,24). The average Bonchev–Trinajstić information content (AvgIpc) is 3.06. The number of fused-ring (bicyclic) bond motifs is 1. The number of rotatable bonds is 4. The van der Waals surface area contributed by atoms with Gasteiger partial charge in [0.2, 0.25) is 0 Å². The van der Waals surface area contributed by atoms with E-state index in [-0.39, 0.29) is 12.1 Å². The quantitative estimate of drug-likeness (QED) is 0.929. The summed E-state index contributed by atoms with van der Waals surface area (Å²) < 4.78 is 40.1. The van der Waals surface area contributed by atoms with Crippen LogP contribution >= 0.6 is 0 Å². The first-order valence-corrected chi connectivity index (χ1v) is 7.55. The number of hydrogen-bond acceptors (Lipinski definition) is 3. The first kappa shape index (κ1) is 16.4. The van der Waals surface area contributed by atoms with Gasteiger partial charge >= 0.3 is 12.1 Å². The SMILES string of the molecule is CCc1nn2c(c1C(=O)O)N(Cc1cccc(C(F)(F)F)c1)CC2. The topological polar surface area (TPSA) is 58.4 Å². The van der Waals surface area contributed by atoms with Crippen LogP contribution in [0.15, 0.2) is 24.3 Å². The smallest absolute Gasteiger partial charge is 0.416 e. The lowest BCUT2D eigenvalue weighted by Gasteiger charge is -2.19. The molecule has 1 N–H and O–H groups in total. The van der Waals surface area contributed by atoms with E-state index in [0.717, 1.165) is 12.1 Å². The van der Waals surface area contributed by atoms with Crippen LogP contribution < -0.4 is 4.90 Å². The van der Waals surface area contributed by atoms with Crippen molar-refractivity contribution in [2.24, 2.45) is 0 Å². The number of halogens is 3. The molecule has 3 rings (SSSR count). The number of aryl methyl sites for hydroxylation is 1. The molecule has 2 aromatic rings. The number of aromatic carboxylic acids is 1. The lowest BCUT2D eigenvalue weighted by molar-refractivity contribution is -0.137. The molecule has 0 bridgehead atoms. The molecule has 0 saturated carbocycles. The van der Waals surface area contributed by atoms with Crippen molar-refractivity contribution < 1.29 is 23.1 Å². The Bertz CT molecular complexity index is 783. The van der Waals surface area contributed by atoms with Crippen LogP contribution in [0.3, 0.4) is 0 Å².